The normalized spacial score (nSPS) is 13.6. The summed E-state index contributed by atoms with van der Waals surface area (Å²) in [6.45, 7) is 1.78. The van der Waals surface area contributed by atoms with Crippen LogP contribution in [-0.2, 0) is 16.9 Å². The topological polar surface area (TPSA) is 78.0 Å². The third-order valence-corrected chi connectivity index (χ3v) is 3.85. The molecule has 1 amide bonds. The monoisotopic (exact) mass is 327 g/mol. The van der Waals surface area contributed by atoms with E-state index in [2.05, 4.69) is 15.3 Å². The van der Waals surface area contributed by atoms with Crippen molar-refractivity contribution in [2.75, 3.05) is 0 Å². The Labute approximate surface area is 138 Å². The molecule has 124 valence electrons. The summed E-state index contributed by atoms with van der Waals surface area (Å²) < 4.78 is 13.2. The molecule has 3 N–H and O–H groups in total. The summed E-state index contributed by atoms with van der Waals surface area (Å²) in [6.07, 6.45) is -0.0636. The van der Waals surface area contributed by atoms with Crippen LogP contribution in [0, 0.1) is 5.82 Å². The fourth-order valence-corrected chi connectivity index (χ4v) is 2.58. The Hall–Kier alpha value is -2.73. The highest BCUT2D eigenvalue weighted by atomic mass is 19.1. The summed E-state index contributed by atoms with van der Waals surface area (Å²) in [5.74, 6) is -0.112. The Morgan fingerprint density at radius 1 is 1.29 bits per heavy atom. The summed E-state index contributed by atoms with van der Waals surface area (Å²) >= 11 is 0. The molecule has 3 rings (SSSR count). The van der Waals surface area contributed by atoms with Crippen molar-refractivity contribution in [1.82, 2.24) is 15.3 Å². The minimum Gasteiger partial charge on any atom is -0.385 e. The molecule has 0 aliphatic carbocycles. The van der Waals surface area contributed by atoms with Crippen molar-refractivity contribution in [3.05, 3.63) is 65.7 Å². The number of hydrogen-bond donors (Lipinski definition) is 3. The molecule has 0 aliphatic heterocycles. The standard InChI is InChI=1S/C18H18FN3O2/c1-18(24,12-5-3-2-4-6-12)10-17(23)20-11-16-21-14-8-7-13(19)9-15(14)22-16/h2-9,24H,10-11H2,1H3,(H,20,23)(H,21,22). The number of nitrogens with zero attached hydrogens (tertiary/aromatic N) is 1. The number of fused-ring (bicyclic) bond motifs is 1. The molecule has 0 bridgehead atoms. The van der Waals surface area contributed by atoms with Crippen LogP contribution < -0.4 is 5.32 Å². The van der Waals surface area contributed by atoms with Crippen LogP contribution in [-0.4, -0.2) is 21.0 Å². The maximum absolute atomic E-state index is 13.2. The summed E-state index contributed by atoms with van der Waals surface area (Å²) in [4.78, 5) is 19.3. The van der Waals surface area contributed by atoms with Crippen LogP contribution in [0.3, 0.4) is 0 Å². The van der Waals surface area contributed by atoms with Gasteiger partial charge in [0.05, 0.1) is 29.6 Å². The van der Waals surface area contributed by atoms with Gasteiger partial charge < -0.3 is 15.4 Å². The highest BCUT2D eigenvalue weighted by Gasteiger charge is 2.26. The molecule has 1 heterocycles. The minimum absolute atomic E-state index is 0.0636. The second-order valence-electron chi connectivity index (χ2n) is 5.94. The number of imidazole rings is 1. The van der Waals surface area contributed by atoms with Gasteiger partial charge in [-0.2, -0.15) is 0 Å². The number of aliphatic hydroxyl groups is 1. The lowest BCUT2D eigenvalue weighted by Gasteiger charge is -2.23. The molecule has 0 aliphatic rings. The number of carbonyl (C=O) groups is 1. The van der Waals surface area contributed by atoms with E-state index in [0.717, 1.165) is 0 Å². The van der Waals surface area contributed by atoms with Gasteiger partial charge in [-0.15, -0.1) is 0 Å². The Balaban J connectivity index is 1.62. The third kappa shape index (κ3) is 3.60. The number of aromatic nitrogens is 2. The van der Waals surface area contributed by atoms with Crippen LogP contribution in [0.2, 0.25) is 0 Å². The van der Waals surface area contributed by atoms with Crippen LogP contribution in [0.4, 0.5) is 4.39 Å². The van der Waals surface area contributed by atoms with E-state index in [9.17, 15) is 14.3 Å². The molecular formula is C18H18FN3O2. The van der Waals surface area contributed by atoms with Crippen LogP contribution in [0.25, 0.3) is 11.0 Å². The largest absolute Gasteiger partial charge is 0.385 e. The van der Waals surface area contributed by atoms with Gasteiger partial charge in [0.15, 0.2) is 0 Å². The zero-order valence-electron chi connectivity index (χ0n) is 13.2. The first-order valence-corrected chi connectivity index (χ1v) is 7.63. The first-order chi connectivity index (χ1) is 11.4. The fourth-order valence-electron chi connectivity index (χ4n) is 2.58. The molecule has 6 heteroatoms. The summed E-state index contributed by atoms with van der Waals surface area (Å²) in [6, 6.07) is 13.3. The number of nitrogens with one attached hydrogen (secondary N) is 2. The number of rotatable bonds is 5. The Morgan fingerprint density at radius 2 is 2.04 bits per heavy atom. The second-order valence-corrected chi connectivity index (χ2v) is 5.94. The van der Waals surface area contributed by atoms with Gasteiger partial charge in [0.2, 0.25) is 5.91 Å². The van der Waals surface area contributed by atoms with Crippen LogP contribution in [0.5, 0.6) is 0 Å². The van der Waals surface area contributed by atoms with Gasteiger partial charge in [-0.1, -0.05) is 30.3 Å². The summed E-state index contributed by atoms with van der Waals surface area (Å²) in [5.41, 5.74) is 0.648. The number of amides is 1. The molecule has 0 saturated carbocycles. The van der Waals surface area contributed by atoms with E-state index < -0.39 is 5.60 Å². The SMILES string of the molecule is CC(O)(CC(=O)NCc1nc2ccc(F)cc2[nH]1)c1ccccc1. The van der Waals surface area contributed by atoms with E-state index in [-0.39, 0.29) is 24.7 Å². The maximum atomic E-state index is 13.2. The number of hydrogen-bond acceptors (Lipinski definition) is 3. The molecule has 0 saturated heterocycles. The third-order valence-electron chi connectivity index (χ3n) is 3.85. The average Bonchev–Trinajstić information content (AvgIpc) is 2.95. The van der Waals surface area contributed by atoms with Crippen LogP contribution in [0.15, 0.2) is 48.5 Å². The van der Waals surface area contributed by atoms with Crippen molar-refractivity contribution in [3.63, 3.8) is 0 Å². The Morgan fingerprint density at radius 3 is 2.79 bits per heavy atom. The number of aromatic amines is 1. The first kappa shape index (κ1) is 16.1. The van der Waals surface area contributed by atoms with E-state index in [0.29, 0.717) is 22.4 Å². The highest BCUT2D eigenvalue weighted by molar-refractivity contribution is 5.78. The van der Waals surface area contributed by atoms with Gasteiger partial charge in [-0.25, -0.2) is 9.37 Å². The van der Waals surface area contributed by atoms with Crippen molar-refractivity contribution in [1.29, 1.82) is 0 Å². The first-order valence-electron chi connectivity index (χ1n) is 7.63. The predicted octanol–water partition coefficient (Wildman–Crippen LogP) is 2.62. The lowest BCUT2D eigenvalue weighted by molar-refractivity contribution is -0.126. The van der Waals surface area contributed by atoms with E-state index in [1.807, 2.05) is 18.2 Å². The van der Waals surface area contributed by atoms with Gasteiger partial charge in [-0.05, 0) is 30.7 Å². The zero-order chi connectivity index (χ0) is 17.2. The second kappa shape index (κ2) is 6.41. The summed E-state index contributed by atoms with van der Waals surface area (Å²) in [7, 11) is 0. The lowest BCUT2D eigenvalue weighted by atomic mass is 9.92. The Bertz CT molecular complexity index is 859. The minimum atomic E-state index is -1.25. The Kier molecular flexibility index (Phi) is 4.31. The number of halogens is 1. The highest BCUT2D eigenvalue weighted by Crippen LogP contribution is 2.23. The van der Waals surface area contributed by atoms with Crippen LogP contribution in [0.1, 0.15) is 24.7 Å². The molecule has 2 aromatic carbocycles. The molecule has 1 atom stereocenters. The van der Waals surface area contributed by atoms with E-state index in [4.69, 9.17) is 0 Å². The van der Waals surface area contributed by atoms with Gasteiger partial charge in [0.25, 0.3) is 0 Å². The molecule has 0 fully saturated rings. The van der Waals surface area contributed by atoms with Crippen LogP contribution >= 0.6 is 0 Å². The van der Waals surface area contributed by atoms with Crippen molar-refractivity contribution in [3.8, 4) is 0 Å². The van der Waals surface area contributed by atoms with E-state index in [1.165, 1.54) is 12.1 Å². The van der Waals surface area contributed by atoms with Crippen molar-refractivity contribution < 1.29 is 14.3 Å². The molecule has 1 unspecified atom stereocenters. The van der Waals surface area contributed by atoms with Crippen molar-refractivity contribution in [2.24, 2.45) is 0 Å². The summed E-state index contributed by atoms with van der Waals surface area (Å²) in [5, 5.41) is 13.2. The van der Waals surface area contributed by atoms with E-state index >= 15 is 0 Å². The van der Waals surface area contributed by atoms with Gasteiger partial charge in [-0.3, -0.25) is 4.79 Å². The van der Waals surface area contributed by atoms with Crippen molar-refractivity contribution >= 4 is 16.9 Å². The zero-order valence-corrected chi connectivity index (χ0v) is 13.2. The molecule has 5 nitrogen and oxygen atoms in total. The van der Waals surface area contributed by atoms with E-state index in [1.54, 1.807) is 25.1 Å². The van der Waals surface area contributed by atoms with Crippen molar-refractivity contribution in [2.45, 2.75) is 25.5 Å². The van der Waals surface area contributed by atoms with Gasteiger partial charge in [0.1, 0.15) is 11.6 Å². The smallest absolute Gasteiger partial charge is 0.223 e. The van der Waals surface area contributed by atoms with Gasteiger partial charge in [0, 0.05) is 0 Å². The fraction of sp³-hybridized carbons (Fsp3) is 0.222. The number of carbonyl (C=O) groups excluding carboxylic acids is 1. The quantitative estimate of drug-likeness (QED) is 0.674. The van der Waals surface area contributed by atoms with Gasteiger partial charge >= 0.3 is 0 Å². The number of H-pyrrole nitrogens is 1. The maximum Gasteiger partial charge on any atom is 0.223 e. The molecule has 0 spiro atoms. The average molecular weight is 327 g/mol. The number of benzene rings is 2. The lowest BCUT2D eigenvalue weighted by Crippen LogP contribution is -2.32. The molecule has 1 aromatic heterocycles. The molecule has 3 aromatic rings. The molecule has 0 radical (unpaired) electrons. The molecule has 24 heavy (non-hydrogen) atoms. The predicted molar refractivity (Wildman–Crippen MR) is 88.5 cm³/mol. The molecular weight excluding hydrogens is 309 g/mol.